The van der Waals surface area contributed by atoms with E-state index in [0.717, 1.165) is 13.0 Å². The zero-order valence-corrected chi connectivity index (χ0v) is 11.3. The van der Waals surface area contributed by atoms with Gasteiger partial charge in [-0.1, -0.05) is 30.4 Å². The predicted molar refractivity (Wildman–Crippen MR) is 74.8 cm³/mol. The van der Waals surface area contributed by atoms with Crippen LogP contribution in [-0.2, 0) is 9.53 Å². The number of benzene rings is 1. The number of nitrogens with one attached hydrogen (secondary N) is 1. The van der Waals surface area contributed by atoms with Gasteiger partial charge in [-0.25, -0.2) is 0 Å². The molecule has 1 rings (SSSR count). The molecule has 0 aliphatic carbocycles. The number of carbonyl (C=O) groups is 1. The van der Waals surface area contributed by atoms with E-state index >= 15 is 0 Å². The van der Waals surface area contributed by atoms with Crippen LogP contribution in [0.4, 0.5) is 5.69 Å². The molecule has 0 fully saturated rings. The Kier molecular flexibility index (Phi) is 5.98. The molecule has 1 aromatic carbocycles. The molecule has 0 aliphatic rings. The first kappa shape index (κ1) is 14.3. The quantitative estimate of drug-likeness (QED) is 0.476. The fourth-order valence-corrected chi connectivity index (χ4v) is 1.73. The molecule has 0 saturated heterocycles. The molecule has 98 valence electrons. The highest BCUT2D eigenvalue weighted by Crippen LogP contribution is 2.18. The fourth-order valence-electron chi connectivity index (χ4n) is 1.73. The Morgan fingerprint density at radius 2 is 1.94 bits per heavy atom. The molecule has 0 saturated carbocycles. The summed E-state index contributed by atoms with van der Waals surface area (Å²) in [6.07, 6.45) is 4.83. The van der Waals surface area contributed by atoms with E-state index < -0.39 is 0 Å². The highest BCUT2D eigenvalue weighted by atomic mass is 16.5. The molecular formula is C15H21NO2. The second-order valence-electron chi connectivity index (χ2n) is 4.25. The lowest BCUT2D eigenvalue weighted by Gasteiger charge is -2.10. The summed E-state index contributed by atoms with van der Waals surface area (Å²) < 4.78 is 4.83. The zero-order chi connectivity index (χ0) is 13.4. The minimum atomic E-state index is -0.225. The Bertz CT molecular complexity index is 404. The van der Waals surface area contributed by atoms with E-state index in [1.54, 1.807) is 0 Å². The molecular weight excluding hydrogens is 226 g/mol. The van der Waals surface area contributed by atoms with Crippen molar-refractivity contribution < 1.29 is 9.53 Å². The van der Waals surface area contributed by atoms with Gasteiger partial charge in [0.1, 0.15) is 0 Å². The molecule has 0 aliphatic heterocycles. The molecule has 0 amide bonds. The summed E-state index contributed by atoms with van der Waals surface area (Å²) in [4.78, 5) is 10.5. The number of anilines is 1. The summed E-state index contributed by atoms with van der Waals surface area (Å²) in [7, 11) is 0. The molecule has 1 N–H and O–H groups in total. The number of carbonyl (C=O) groups excluding carboxylic acids is 1. The van der Waals surface area contributed by atoms with Crippen molar-refractivity contribution in [3.63, 3.8) is 0 Å². The van der Waals surface area contributed by atoms with Crippen LogP contribution in [0.5, 0.6) is 0 Å². The largest absolute Gasteiger partial charge is 0.466 e. The molecule has 1 aromatic rings. The van der Waals surface area contributed by atoms with Gasteiger partial charge in [-0.3, -0.25) is 4.79 Å². The van der Waals surface area contributed by atoms with Gasteiger partial charge >= 0.3 is 5.97 Å². The number of esters is 1. The van der Waals surface area contributed by atoms with E-state index in [4.69, 9.17) is 4.74 Å². The van der Waals surface area contributed by atoms with Gasteiger partial charge in [0.25, 0.3) is 0 Å². The Labute approximate surface area is 109 Å². The van der Waals surface area contributed by atoms with Crippen LogP contribution in [0.2, 0.25) is 0 Å². The molecule has 18 heavy (non-hydrogen) atoms. The number of aryl methyl sites for hydroxylation is 2. The normalized spacial score (nSPS) is 10.6. The van der Waals surface area contributed by atoms with Crippen LogP contribution in [0, 0.1) is 13.8 Å². The van der Waals surface area contributed by atoms with Crippen LogP contribution in [-0.4, -0.2) is 19.1 Å². The van der Waals surface area contributed by atoms with Gasteiger partial charge in [0.15, 0.2) is 0 Å². The van der Waals surface area contributed by atoms with Gasteiger partial charge in [-0.05, 0) is 31.4 Å². The molecule has 0 spiro atoms. The fraction of sp³-hybridized carbons (Fsp3) is 0.400. The summed E-state index contributed by atoms with van der Waals surface area (Å²) in [6.45, 7) is 6.85. The first-order valence-electron chi connectivity index (χ1n) is 6.19. The van der Waals surface area contributed by atoms with E-state index in [0.29, 0.717) is 6.61 Å². The average molecular weight is 247 g/mol. The standard InChI is InChI=1S/C15H21NO2/c1-12-8-7-9-13(2)15(12)16-10-5-4-6-11-18-14(3)17/h4-5,7-9,16H,6,10-11H2,1-3H3. The Hall–Kier alpha value is -1.77. The van der Waals surface area contributed by atoms with Crippen molar-refractivity contribution in [2.75, 3.05) is 18.5 Å². The van der Waals surface area contributed by atoms with Crippen molar-refractivity contribution in [3.8, 4) is 0 Å². The minimum Gasteiger partial charge on any atom is -0.466 e. The second-order valence-corrected chi connectivity index (χ2v) is 4.25. The SMILES string of the molecule is CC(=O)OCCC=CCNc1c(C)cccc1C. The lowest BCUT2D eigenvalue weighted by molar-refractivity contribution is -0.140. The molecule has 0 radical (unpaired) electrons. The van der Waals surface area contributed by atoms with Crippen molar-refractivity contribution >= 4 is 11.7 Å². The van der Waals surface area contributed by atoms with Crippen molar-refractivity contribution in [1.29, 1.82) is 0 Å². The maximum Gasteiger partial charge on any atom is 0.302 e. The maximum absolute atomic E-state index is 10.5. The Morgan fingerprint density at radius 3 is 2.56 bits per heavy atom. The smallest absolute Gasteiger partial charge is 0.302 e. The van der Waals surface area contributed by atoms with Gasteiger partial charge < -0.3 is 10.1 Å². The van der Waals surface area contributed by atoms with Crippen LogP contribution < -0.4 is 5.32 Å². The number of para-hydroxylation sites is 1. The maximum atomic E-state index is 10.5. The summed E-state index contributed by atoms with van der Waals surface area (Å²) >= 11 is 0. The Balaban J connectivity index is 2.29. The number of hydrogen-bond donors (Lipinski definition) is 1. The topological polar surface area (TPSA) is 38.3 Å². The average Bonchev–Trinajstić information content (AvgIpc) is 2.30. The third kappa shape index (κ3) is 5.04. The van der Waals surface area contributed by atoms with Gasteiger partial charge in [-0.15, -0.1) is 0 Å². The molecule has 3 heteroatoms. The summed E-state index contributed by atoms with van der Waals surface area (Å²) in [6, 6.07) is 6.25. The molecule has 0 heterocycles. The summed E-state index contributed by atoms with van der Waals surface area (Å²) in [5.41, 5.74) is 3.70. The third-order valence-corrected chi connectivity index (χ3v) is 2.63. The number of ether oxygens (including phenoxy) is 1. The van der Waals surface area contributed by atoms with Gasteiger partial charge in [0, 0.05) is 19.2 Å². The van der Waals surface area contributed by atoms with Crippen LogP contribution in [0.3, 0.4) is 0 Å². The summed E-state index contributed by atoms with van der Waals surface area (Å²) in [5, 5.41) is 3.39. The lowest BCUT2D eigenvalue weighted by atomic mass is 10.1. The van der Waals surface area contributed by atoms with Gasteiger partial charge in [0.2, 0.25) is 0 Å². The van der Waals surface area contributed by atoms with E-state index in [1.807, 2.05) is 6.08 Å². The molecule has 0 atom stereocenters. The molecule has 0 aromatic heterocycles. The van der Waals surface area contributed by atoms with Crippen LogP contribution in [0.25, 0.3) is 0 Å². The van der Waals surface area contributed by atoms with Crippen LogP contribution in [0.1, 0.15) is 24.5 Å². The van der Waals surface area contributed by atoms with E-state index in [1.165, 1.54) is 23.7 Å². The van der Waals surface area contributed by atoms with Crippen LogP contribution in [0.15, 0.2) is 30.4 Å². The van der Waals surface area contributed by atoms with E-state index in [-0.39, 0.29) is 5.97 Å². The zero-order valence-electron chi connectivity index (χ0n) is 11.3. The molecule has 0 unspecified atom stereocenters. The van der Waals surface area contributed by atoms with E-state index in [9.17, 15) is 4.79 Å². The third-order valence-electron chi connectivity index (χ3n) is 2.63. The highest BCUT2D eigenvalue weighted by molar-refractivity contribution is 5.65. The van der Waals surface area contributed by atoms with Crippen molar-refractivity contribution in [3.05, 3.63) is 41.5 Å². The number of hydrogen-bond acceptors (Lipinski definition) is 3. The first-order chi connectivity index (χ1) is 8.61. The lowest BCUT2D eigenvalue weighted by Crippen LogP contribution is -2.02. The minimum absolute atomic E-state index is 0.225. The van der Waals surface area contributed by atoms with Crippen LogP contribution >= 0.6 is 0 Å². The monoisotopic (exact) mass is 247 g/mol. The Morgan fingerprint density at radius 1 is 1.28 bits per heavy atom. The first-order valence-corrected chi connectivity index (χ1v) is 6.19. The second kappa shape index (κ2) is 7.54. The van der Waals surface area contributed by atoms with E-state index in [2.05, 4.69) is 43.4 Å². The number of rotatable bonds is 6. The van der Waals surface area contributed by atoms with Gasteiger partial charge in [-0.2, -0.15) is 0 Å². The van der Waals surface area contributed by atoms with Crippen molar-refractivity contribution in [2.24, 2.45) is 0 Å². The highest BCUT2D eigenvalue weighted by Gasteiger charge is 1.98. The van der Waals surface area contributed by atoms with Crippen molar-refractivity contribution in [2.45, 2.75) is 27.2 Å². The molecule has 0 bridgehead atoms. The van der Waals surface area contributed by atoms with Gasteiger partial charge in [0.05, 0.1) is 6.61 Å². The predicted octanol–water partition coefficient (Wildman–Crippen LogP) is 3.22. The summed E-state index contributed by atoms with van der Waals surface area (Å²) in [5.74, 6) is -0.225. The van der Waals surface area contributed by atoms with Crippen molar-refractivity contribution in [1.82, 2.24) is 0 Å². The molecule has 3 nitrogen and oxygen atoms in total.